The predicted octanol–water partition coefficient (Wildman–Crippen LogP) is 1.27. The second-order valence-corrected chi connectivity index (χ2v) is 5.14. The van der Waals surface area contributed by atoms with Gasteiger partial charge in [-0.1, -0.05) is 30.3 Å². The molecule has 0 spiro atoms. The molecule has 128 valence electrons. The lowest BCUT2D eigenvalue weighted by atomic mass is 10.2. The zero-order valence-corrected chi connectivity index (χ0v) is 13.7. The number of nitrogens with one attached hydrogen (secondary N) is 2. The number of aromatic amines is 1. The molecule has 2 heterocycles. The van der Waals surface area contributed by atoms with E-state index in [2.05, 4.69) is 20.3 Å². The molecule has 1 amide bonds. The van der Waals surface area contributed by atoms with Gasteiger partial charge in [0.25, 0.3) is 5.91 Å². The Morgan fingerprint density at radius 2 is 1.92 bits per heavy atom. The topological polar surface area (TPSA) is 106 Å². The number of pyridine rings is 1. The van der Waals surface area contributed by atoms with Crippen molar-refractivity contribution in [3.05, 3.63) is 57.9 Å². The first-order chi connectivity index (χ1) is 12.1. The summed E-state index contributed by atoms with van der Waals surface area (Å²) in [6, 6.07) is 9.39. The Morgan fingerprint density at radius 3 is 2.60 bits per heavy atom. The highest BCUT2D eigenvalue weighted by molar-refractivity contribution is 5.96. The Morgan fingerprint density at radius 1 is 1.16 bits per heavy atom. The summed E-state index contributed by atoms with van der Waals surface area (Å²) in [6.07, 6.45) is 1.32. The van der Waals surface area contributed by atoms with Crippen molar-refractivity contribution in [3.63, 3.8) is 0 Å². The standard InChI is InChI=1S/C17H16N4O4/c1-24-16-13-12(20-17(21-16)25-2)14(22)11(9-18-13)15(23)19-8-10-6-4-3-5-7-10/h3-7,9H,8H2,1-2H3,(H,18,22)(H,19,23). The molecule has 0 aliphatic carbocycles. The van der Waals surface area contributed by atoms with Gasteiger partial charge in [-0.2, -0.15) is 9.97 Å². The Hall–Kier alpha value is -3.42. The van der Waals surface area contributed by atoms with Gasteiger partial charge in [0.2, 0.25) is 11.3 Å². The largest absolute Gasteiger partial charge is 0.479 e. The number of carbonyl (C=O) groups is 1. The number of ether oxygens (including phenoxy) is 2. The number of hydrogen-bond donors (Lipinski definition) is 2. The molecule has 8 heteroatoms. The van der Waals surface area contributed by atoms with Gasteiger partial charge in [0.1, 0.15) is 16.6 Å². The van der Waals surface area contributed by atoms with Crippen molar-refractivity contribution in [2.45, 2.75) is 6.54 Å². The fourth-order valence-electron chi connectivity index (χ4n) is 2.33. The van der Waals surface area contributed by atoms with Gasteiger partial charge in [-0.15, -0.1) is 0 Å². The lowest BCUT2D eigenvalue weighted by Crippen LogP contribution is -2.29. The third kappa shape index (κ3) is 3.27. The van der Waals surface area contributed by atoms with Gasteiger partial charge in [-0.25, -0.2) is 0 Å². The molecule has 0 aliphatic rings. The molecule has 0 atom stereocenters. The van der Waals surface area contributed by atoms with Gasteiger partial charge in [0.05, 0.1) is 14.2 Å². The number of methoxy groups -OCH3 is 2. The van der Waals surface area contributed by atoms with Crippen LogP contribution in [0, 0.1) is 0 Å². The molecule has 0 saturated heterocycles. The number of rotatable bonds is 5. The minimum atomic E-state index is -0.529. The Kier molecular flexibility index (Phi) is 4.60. The normalized spacial score (nSPS) is 10.5. The summed E-state index contributed by atoms with van der Waals surface area (Å²) in [7, 11) is 2.80. The zero-order chi connectivity index (χ0) is 17.8. The Bertz CT molecular complexity index is 970. The summed E-state index contributed by atoms with van der Waals surface area (Å²) in [5.74, 6) is -0.334. The molecule has 2 aromatic heterocycles. The fraction of sp³-hybridized carbons (Fsp3) is 0.176. The molecule has 3 aromatic rings. The molecule has 25 heavy (non-hydrogen) atoms. The lowest BCUT2D eigenvalue weighted by molar-refractivity contribution is 0.0949. The van der Waals surface area contributed by atoms with E-state index >= 15 is 0 Å². The third-order valence-corrected chi connectivity index (χ3v) is 3.59. The molecule has 0 fully saturated rings. The molecule has 0 saturated carbocycles. The van der Waals surface area contributed by atoms with Crippen LogP contribution in [0.3, 0.4) is 0 Å². The van der Waals surface area contributed by atoms with Crippen LogP contribution in [0.25, 0.3) is 11.0 Å². The summed E-state index contributed by atoms with van der Waals surface area (Å²) in [4.78, 5) is 35.9. The van der Waals surface area contributed by atoms with Crippen LogP contribution in [0.2, 0.25) is 0 Å². The maximum absolute atomic E-state index is 12.6. The number of benzene rings is 1. The lowest BCUT2D eigenvalue weighted by Gasteiger charge is -2.08. The van der Waals surface area contributed by atoms with Gasteiger partial charge in [-0.05, 0) is 5.56 Å². The zero-order valence-electron chi connectivity index (χ0n) is 13.7. The molecule has 0 unspecified atom stereocenters. The van der Waals surface area contributed by atoms with Crippen molar-refractivity contribution >= 4 is 16.9 Å². The first-order valence-corrected chi connectivity index (χ1v) is 7.47. The van der Waals surface area contributed by atoms with E-state index in [0.29, 0.717) is 12.1 Å². The van der Waals surface area contributed by atoms with Gasteiger partial charge >= 0.3 is 6.01 Å². The van der Waals surface area contributed by atoms with E-state index in [-0.39, 0.29) is 23.0 Å². The molecule has 1 aromatic carbocycles. The van der Waals surface area contributed by atoms with Crippen LogP contribution in [0.4, 0.5) is 0 Å². The van der Waals surface area contributed by atoms with E-state index in [0.717, 1.165) is 5.56 Å². The second-order valence-electron chi connectivity index (χ2n) is 5.14. The number of carbonyl (C=O) groups excluding carboxylic acids is 1. The molecule has 3 rings (SSSR count). The van der Waals surface area contributed by atoms with E-state index in [9.17, 15) is 9.59 Å². The molecule has 0 radical (unpaired) electrons. The molecule has 2 N–H and O–H groups in total. The van der Waals surface area contributed by atoms with E-state index in [4.69, 9.17) is 9.47 Å². The van der Waals surface area contributed by atoms with Crippen LogP contribution in [-0.2, 0) is 6.54 Å². The highest BCUT2D eigenvalue weighted by Crippen LogP contribution is 2.20. The van der Waals surface area contributed by atoms with Crippen molar-refractivity contribution in [3.8, 4) is 11.9 Å². The number of nitrogens with zero attached hydrogens (tertiary/aromatic N) is 2. The summed E-state index contributed by atoms with van der Waals surface area (Å²) < 4.78 is 10.1. The summed E-state index contributed by atoms with van der Waals surface area (Å²) >= 11 is 0. The second kappa shape index (κ2) is 7.00. The summed E-state index contributed by atoms with van der Waals surface area (Å²) in [6.45, 7) is 0.313. The quantitative estimate of drug-likeness (QED) is 0.724. The molecular weight excluding hydrogens is 324 g/mol. The van der Waals surface area contributed by atoms with Gasteiger partial charge in [0, 0.05) is 12.7 Å². The number of fused-ring (bicyclic) bond motifs is 1. The highest BCUT2D eigenvalue weighted by Gasteiger charge is 2.18. The van der Waals surface area contributed by atoms with Crippen LogP contribution >= 0.6 is 0 Å². The fourth-order valence-corrected chi connectivity index (χ4v) is 2.33. The summed E-state index contributed by atoms with van der Waals surface area (Å²) in [5.41, 5.74) is 0.673. The van der Waals surface area contributed by atoms with Gasteiger partial charge in [-0.3, -0.25) is 9.59 Å². The average molecular weight is 340 g/mol. The minimum Gasteiger partial charge on any atom is -0.479 e. The van der Waals surface area contributed by atoms with Crippen LogP contribution in [0.1, 0.15) is 15.9 Å². The first kappa shape index (κ1) is 16.4. The maximum atomic E-state index is 12.6. The van der Waals surface area contributed by atoms with Crippen molar-refractivity contribution < 1.29 is 14.3 Å². The van der Waals surface area contributed by atoms with Crippen molar-refractivity contribution in [1.29, 1.82) is 0 Å². The van der Waals surface area contributed by atoms with Crippen molar-refractivity contribution in [2.24, 2.45) is 0 Å². The number of aromatic nitrogens is 3. The number of amides is 1. The SMILES string of the molecule is COc1nc(OC)c2[nH]cc(C(=O)NCc3ccccc3)c(=O)c2n1. The number of hydrogen-bond acceptors (Lipinski definition) is 6. The Labute approximate surface area is 142 Å². The van der Waals surface area contributed by atoms with Gasteiger partial charge in [0.15, 0.2) is 0 Å². The van der Waals surface area contributed by atoms with E-state index in [1.54, 1.807) is 0 Å². The highest BCUT2D eigenvalue weighted by atomic mass is 16.5. The van der Waals surface area contributed by atoms with Crippen LogP contribution in [0.15, 0.2) is 41.3 Å². The Balaban J connectivity index is 1.95. The van der Waals surface area contributed by atoms with Gasteiger partial charge < -0.3 is 19.8 Å². The van der Waals surface area contributed by atoms with Crippen LogP contribution in [0.5, 0.6) is 11.9 Å². The van der Waals surface area contributed by atoms with E-state index in [1.807, 2.05) is 30.3 Å². The smallest absolute Gasteiger partial charge is 0.320 e. The average Bonchev–Trinajstić information content (AvgIpc) is 2.66. The summed E-state index contributed by atoms with van der Waals surface area (Å²) in [5, 5.41) is 2.71. The predicted molar refractivity (Wildman–Crippen MR) is 90.9 cm³/mol. The first-order valence-electron chi connectivity index (χ1n) is 7.47. The van der Waals surface area contributed by atoms with Crippen molar-refractivity contribution in [1.82, 2.24) is 20.3 Å². The van der Waals surface area contributed by atoms with E-state index in [1.165, 1.54) is 20.4 Å². The van der Waals surface area contributed by atoms with Crippen molar-refractivity contribution in [2.75, 3.05) is 14.2 Å². The minimum absolute atomic E-state index is 0.0170. The van der Waals surface area contributed by atoms with Crippen LogP contribution < -0.4 is 20.2 Å². The maximum Gasteiger partial charge on any atom is 0.320 e. The monoisotopic (exact) mass is 340 g/mol. The molecular formula is C17H16N4O4. The van der Waals surface area contributed by atoms with Crippen LogP contribution in [-0.4, -0.2) is 35.1 Å². The molecule has 0 aliphatic heterocycles. The van der Waals surface area contributed by atoms with E-state index < -0.39 is 11.3 Å². The number of H-pyrrole nitrogens is 1. The third-order valence-electron chi connectivity index (χ3n) is 3.59. The molecule has 0 bridgehead atoms. The molecule has 8 nitrogen and oxygen atoms in total.